The molecule has 0 fully saturated rings. The Balaban J connectivity index is 2.26. The smallest absolute Gasteiger partial charge is 0.261 e. The van der Waals surface area contributed by atoms with Gasteiger partial charge in [0.1, 0.15) is 6.61 Å². The zero-order valence-electron chi connectivity index (χ0n) is 10.9. The van der Waals surface area contributed by atoms with E-state index in [2.05, 4.69) is 24.1 Å². The van der Waals surface area contributed by atoms with Gasteiger partial charge in [0.25, 0.3) is 6.43 Å². The van der Waals surface area contributed by atoms with Crippen molar-refractivity contribution in [3.05, 3.63) is 18.2 Å². The molecular formula is C12H21F2N3O. The molecule has 0 aliphatic carbocycles. The van der Waals surface area contributed by atoms with Crippen LogP contribution in [0, 0.1) is 5.92 Å². The minimum Gasteiger partial charge on any atom is -0.374 e. The van der Waals surface area contributed by atoms with Crippen molar-refractivity contribution in [2.45, 2.75) is 33.4 Å². The Morgan fingerprint density at radius 3 is 2.89 bits per heavy atom. The molecule has 1 rings (SSSR count). The summed E-state index contributed by atoms with van der Waals surface area (Å²) < 4.78 is 30.5. The molecule has 4 nitrogen and oxygen atoms in total. The van der Waals surface area contributed by atoms with E-state index in [4.69, 9.17) is 4.74 Å². The summed E-state index contributed by atoms with van der Waals surface area (Å²) >= 11 is 0. The van der Waals surface area contributed by atoms with Gasteiger partial charge in [-0.2, -0.15) is 0 Å². The van der Waals surface area contributed by atoms with Gasteiger partial charge in [0.05, 0.1) is 18.6 Å². The van der Waals surface area contributed by atoms with Gasteiger partial charge in [-0.15, -0.1) is 0 Å². The van der Waals surface area contributed by atoms with Gasteiger partial charge in [-0.3, -0.25) is 0 Å². The van der Waals surface area contributed by atoms with E-state index in [0.717, 1.165) is 18.8 Å². The number of halogens is 2. The Kier molecular flexibility index (Phi) is 6.82. The normalized spacial score (nSPS) is 11.7. The van der Waals surface area contributed by atoms with Crippen LogP contribution in [0.3, 0.4) is 0 Å². The predicted molar refractivity (Wildman–Crippen MR) is 65.6 cm³/mol. The number of hydrogen-bond donors (Lipinski definition) is 1. The second kappa shape index (κ2) is 8.16. The van der Waals surface area contributed by atoms with Crippen LogP contribution in [0.25, 0.3) is 0 Å². The lowest BCUT2D eigenvalue weighted by atomic mass is 10.2. The number of hydrogen-bond acceptors (Lipinski definition) is 3. The van der Waals surface area contributed by atoms with E-state index in [1.807, 2.05) is 4.57 Å². The van der Waals surface area contributed by atoms with Crippen molar-refractivity contribution >= 4 is 0 Å². The maximum atomic E-state index is 11.9. The van der Waals surface area contributed by atoms with Gasteiger partial charge < -0.3 is 14.6 Å². The molecule has 0 radical (unpaired) electrons. The molecule has 0 spiro atoms. The highest BCUT2D eigenvalue weighted by molar-refractivity contribution is 4.97. The van der Waals surface area contributed by atoms with Crippen LogP contribution in [0.5, 0.6) is 0 Å². The summed E-state index contributed by atoms with van der Waals surface area (Å²) in [5, 5.41) is 3.31. The summed E-state index contributed by atoms with van der Waals surface area (Å²) in [7, 11) is 0. The van der Waals surface area contributed by atoms with E-state index in [-0.39, 0.29) is 6.61 Å². The van der Waals surface area contributed by atoms with Crippen LogP contribution in [0.4, 0.5) is 8.78 Å². The standard InChI is InChI=1S/C12H21F2N3O/c1-10(2)5-15-6-11-7-16-9-17(11)3-4-18-8-12(13)14/h7,9-10,12,15H,3-6,8H2,1-2H3. The largest absolute Gasteiger partial charge is 0.374 e. The molecule has 1 N–H and O–H groups in total. The van der Waals surface area contributed by atoms with E-state index in [9.17, 15) is 8.78 Å². The van der Waals surface area contributed by atoms with Gasteiger partial charge >= 0.3 is 0 Å². The number of rotatable bonds is 9. The number of ether oxygens (including phenoxy) is 1. The molecule has 0 saturated carbocycles. The molecule has 104 valence electrons. The monoisotopic (exact) mass is 261 g/mol. The first-order valence-corrected chi connectivity index (χ1v) is 6.15. The van der Waals surface area contributed by atoms with Crippen molar-refractivity contribution in [3.8, 4) is 0 Å². The molecule has 0 bridgehead atoms. The van der Waals surface area contributed by atoms with Gasteiger partial charge in [0.15, 0.2) is 0 Å². The molecule has 0 saturated heterocycles. The topological polar surface area (TPSA) is 39.1 Å². The molecule has 1 aromatic heterocycles. The minimum atomic E-state index is -2.40. The predicted octanol–water partition coefficient (Wildman–Crippen LogP) is 1.91. The third-order valence-electron chi connectivity index (χ3n) is 2.38. The highest BCUT2D eigenvalue weighted by Crippen LogP contribution is 2.00. The van der Waals surface area contributed by atoms with Crippen molar-refractivity contribution in [2.24, 2.45) is 5.92 Å². The summed E-state index contributed by atoms with van der Waals surface area (Å²) in [6.45, 7) is 6.27. The van der Waals surface area contributed by atoms with Crippen LogP contribution in [-0.4, -0.2) is 35.7 Å². The Labute approximate surface area is 106 Å². The van der Waals surface area contributed by atoms with Crippen molar-refractivity contribution in [3.63, 3.8) is 0 Å². The summed E-state index contributed by atoms with van der Waals surface area (Å²) in [5.41, 5.74) is 1.04. The summed E-state index contributed by atoms with van der Waals surface area (Å²) in [4.78, 5) is 4.05. The van der Waals surface area contributed by atoms with Crippen molar-refractivity contribution in [2.75, 3.05) is 19.8 Å². The average molecular weight is 261 g/mol. The fraction of sp³-hybridized carbons (Fsp3) is 0.750. The fourth-order valence-corrected chi connectivity index (χ4v) is 1.52. The molecular weight excluding hydrogens is 240 g/mol. The Bertz CT molecular complexity index is 329. The number of alkyl halides is 2. The maximum absolute atomic E-state index is 11.9. The first-order valence-electron chi connectivity index (χ1n) is 6.15. The Hall–Kier alpha value is -1.01. The van der Waals surface area contributed by atoms with Crippen LogP contribution in [0.2, 0.25) is 0 Å². The number of imidazole rings is 1. The third-order valence-corrected chi connectivity index (χ3v) is 2.38. The maximum Gasteiger partial charge on any atom is 0.261 e. The van der Waals surface area contributed by atoms with Gasteiger partial charge in [-0.05, 0) is 12.5 Å². The van der Waals surface area contributed by atoms with Crippen LogP contribution in [-0.2, 0) is 17.8 Å². The zero-order valence-corrected chi connectivity index (χ0v) is 10.9. The summed E-state index contributed by atoms with van der Waals surface area (Å²) in [5.74, 6) is 0.593. The lowest BCUT2D eigenvalue weighted by molar-refractivity contribution is 0.0146. The van der Waals surface area contributed by atoms with Gasteiger partial charge in [-0.25, -0.2) is 13.8 Å². The second-order valence-electron chi connectivity index (χ2n) is 4.57. The highest BCUT2D eigenvalue weighted by atomic mass is 19.3. The number of nitrogens with zero attached hydrogens (tertiary/aromatic N) is 2. The molecule has 0 aromatic carbocycles. The van der Waals surface area contributed by atoms with E-state index >= 15 is 0 Å². The lowest BCUT2D eigenvalue weighted by Gasteiger charge is -2.10. The molecule has 0 aliphatic rings. The summed E-state index contributed by atoms with van der Waals surface area (Å²) in [6, 6.07) is 0. The van der Waals surface area contributed by atoms with E-state index < -0.39 is 13.0 Å². The lowest BCUT2D eigenvalue weighted by Crippen LogP contribution is -2.21. The van der Waals surface area contributed by atoms with E-state index in [0.29, 0.717) is 12.5 Å². The number of nitrogens with one attached hydrogen (secondary N) is 1. The quantitative estimate of drug-likeness (QED) is 0.690. The molecule has 1 heterocycles. The summed E-state index contributed by atoms with van der Waals surface area (Å²) in [6.07, 6.45) is 1.07. The molecule has 1 aromatic rings. The number of aromatic nitrogens is 2. The first-order chi connectivity index (χ1) is 8.59. The van der Waals surface area contributed by atoms with Crippen molar-refractivity contribution in [1.29, 1.82) is 0 Å². The van der Waals surface area contributed by atoms with Gasteiger partial charge in [0.2, 0.25) is 0 Å². The van der Waals surface area contributed by atoms with Gasteiger partial charge in [0, 0.05) is 19.3 Å². The van der Waals surface area contributed by atoms with Gasteiger partial charge in [-0.1, -0.05) is 13.8 Å². The van der Waals surface area contributed by atoms with Crippen molar-refractivity contribution < 1.29 is 13.5 Å². The van der Waals surface area contributed by atoms with Crippen LogP contribution >= 0.6 is 0 Å². The molecule has 0 unspecified atom stereocenters. The molecule has 0 aliphatic heterocycles. The zero-order chi connectivity index (χ0) is 13.4. The average Bonchev–Trinajstić information content (AvgIpc) is 2.71. The highest BCUT2D eigenvalue weighted by Gasteiger charge is 2.04. The molecule has 0 atom stereocenters. The Morgan fingerprint density at radius 1 is 1.44 bits per heavy atom. The van der Waals surface area contributed by atoms with Crippen LogP contribution in [0.1, 0.15) is 19.5 Å². The van der Waals surface area contributed by atoms with Crippen LogP contribution in [0.15, 0.2) is 12.5 Å². The minimum absolute atomic E-state index is 0.276. The first kappa shape index (κ1) is 15.0. The Morgan fingerprint density at radius 2 is 2.22 bits per heavy atom. The van der Waals surface area contributed by atoms with Crippen LogP contribution < -0.4 is 5.32 Å². The van der Waals surface area contributed by atoms with E-state index in [1.165, 1.54) is 0 Å². The second-order valence-corrected chi connectivity index (χ2v) is 4.57. The molecule has 0 amide bonds. The third kappa shape index (κ3) is 6.07. The molecule has 18 heavy (non-hydrogen) atoms. The van der Waals surface area contributed by atoms with Crippen molar-refractivity contribution in [1.82, 2.24) is 14.9 Å². The van der Waals surface area contributed by atoms with E-state index in [1.54, 1.807) is 12.5 Å². The SMILES string of the molecule is CC(C)CNCc1cncn1CCOCC(F)F. The molecule has 6 heteroatoms. The fourth-order valence-electron chi connectivity index (χ4n) is 1.52.